The van der Waals surface area contributed by atoms with E-state index in [2.05, 4.69) is 16.8 Å². The minimum Gasteiger partial charge on any atom is -0.349 e. The summed E-state index contributed by atoms with van der Waals surface area (Å²) in [6, 6.07) is 0.695. The maximum atomic E-state index is 12.8. The molecule has 1 saturated carbocycles. The van der Waals surface area contributed by atoms with E-state index in [-0.39, 0.29) is 11.1 Å². The molecule has 21 heavy (non-hydrogen) atoms. The first-order chi connectivity index (χ1) is 9.84. The number of hydrogen-bond donors (Lipinski definition) is 1. The lowest BCUT2D eigenvalue weighted by molar-refractivity contribution is 0.366. The van der Waals surface area contributed by atoms with Gasteiger partial charge in [-0.1, -0.05) is 0 Å². The van der Waals surface area contributed by atoms with Gasteiger partial charge in [-0.15, -0.1) is 0 Å². The molecule has 0 unspecified atom stereocenters. The van der Waals surface area contributed by atoms with Crippen molar-refractivity contribution < 1.29 is 0 Å². The summed E-state index contributed by atoms with van der Waals surface area (Å²) in [7, 11) is 0. The zero-order valence-corrected chi connectivity index (χ0v) is 13.7. The first-order valence-corrected chi connectivity index (χ1v) is 7.95. The van der Waals surface area contributed by atoms with Crippen LogP contribution < -0.4 is 16.2 Å². The average molecular weight is 292 g/mol. The van der Waals surface area contributed by atoms with Crippen LogP contribution in [0.3, 0.4) is 0 Å². The van der Waals surface area contributed by atoms with Crippen molar-refractivity contribution in [1.29, 1.82) is 0 Å². The van der Waals surface area contributed by atoms with Gasteiger partial charge < -0.3 is 15.2 Å². The molecule has 1 heterocycles. The topological polar surface area (TPSA) is 64.2 Å². The first-order valence-electron chi connectivity index (χ1n) is 7.95. The molecule has 1 fully saturated rings. The van der Waals surface area contributed by atoms with Crippen molar-refractivity contribution in [3.63, 3.8) is 0 Å². The second kappa shape index (κ2) is 6.18. The number of nitrogens with zero attached hydrogens (tertiary/aromatic N) is 3. The maximum absolute atomic E-state index is 12.8. The lowest BCUT2D eigenvalue weighted by Gasteiger charge is -2.36. The lowest BCUT2D eigenvalue weighted by atomic mass is 9.91. The van der Waals surface area contributed by atoms with Crippen molar-refractivity contribution in [2.24, 2.45) is 5.73 Å². The molecule has 2 N–H and O–H groups in total. The molecule has 0 bridgehead atoms. The number of aromatic nitrogens is 2. The third kappa shape index (κ3) is 3.46. The van der Waals surface area contributed by atoms with Gasteiger partial charge in [-0.2, -0.15) is 0 Å². The smallest absolute Gasteiger partial charge is 0.293 e. The standard InChI is InChI=1S/C16H28N4O/c1-5-19(13-8-6-12(17)7-9-13)14-15(21)20(11-10-18-14)16(2,3)4/h10-13H,5-9,17H2,1-4H3. The Morgan fingerprint density at radius 3 is 2.48 bits per heavy atom. The zero-order chi connectivity index (χ0) is 15.6. The predicted molar refractivity (Wildman–Crippen MR) is 86.7 cm³/mol. The second-order valence-electron chi connectivity index (χ2n) is 6.95. The SMILES string of the molecule is CCN(c1nccn(C(C)(C)C)c1=O)C1CCC(N)CC1. The summed E-state index contributed by atoms with van der Waals surface area (Å²) in [6.45, 7) is 9.00. The molecule has 118 valence electrons. The minimum absolute atomic E-state index is 0.00159. The molecule has 0 aromatic carbocycles. The summed E-state index contributed by atoms with van der Waals surface area (Å²) >= 11 is 0. The average Bonchev–Trinajstić information content (AvgIpc) is 2.42. The van der Waals surface area contributed by atoms with Crippen LogP contribution in [0.4, 0.5) is 5.82 Å². The van der Waals surface area contributed by atoms with Gasteiger partial charge in [-0.05, 0) is 53.4 Å². The van der Waals surface area contributed by atoms with E-state index in [4.69, 9.17) is 5.73 Å². The summed E-state index contributed by atoms with van der Waals surface area (Å²) in [5, 5.41) is 0. The van der Waals surface area contributed by atoms with Crippen LogP contribution in [0.5, 0.6) is 0 Å². The lowest BCUT2D eigenvalue weighted by Crippen LogP contribution is -2.45. The third-order valence-corrected chi connectivity index (χ3v) is 4.34. The summed E-state index contributed by atoms with van der Waals surface area (Å²) in [6.07, 6.45) is 7.65. The molecular formula is C16H28N4O. The largest absolute Gasteiger partial charge is 0.349 e. The van der Waals surface area contributed by atoms with E-state index in [0.29, 0.717) is 17.9 Å². The Hall–Kier alpha value is -1.36. The predicted octanol–water partition coefficient (Wildman–Crippen LogP) is 2.09. The van der Waals surface area contributed by atoms with Crippen LogP contribution in [0, 0.1) is 0 Å². The van der Waals surface area contributed by atoms with Crippen molar-refractivity contribution >= 4 is 5.82 Å². The van der Waals surface area contributed by atoms with Crippen molar-refractivity contribution in [2.45, 2.75) is 71.0 Å². The second-order valence-corrected chi connectivity index (χ2v) is 6.95. The Balaban J connectivity index is 2.33. The monoisotopic (exact) mass is 292 g/mol. The first kappa shape index (κ1) is 16.0. The van der Waals surface area contributed by atoms with Crippen molar-refractivity contribution in [1.82, 2.24) is 9.55 Å². The van der Waals surface area contributed by atoms with Gasteiger partial charge in [0, 0.05) is 36.6 Å². The molecule has 0 amide bonds. The molecule has 1 aliphatic rings. The molecule has 5 nitrogen and oxygen atoms in total. The van der Waals surface area contributed by atoms with Crippen molar-refractivity contribution in [3.05, 3.63) is 22.7 Å². The minimum atomic E-state index is -0.233. The highest BCUT2D eigenvalue weighted by Gasteiger charge is 2.27. The molecule has 1 aromatic rings. The van der Waals surface area contributed by atoms with E-state index in [1.54, 1.807) is 17.0 Å². The van der Waals surface area contributed by atoms with Crippen LogP contribution in [0.25, 0.3) is 0 Å². The molecule has 0 radical (unpaired) electrons. The quantitative estimate of drug-likeness (QED) is 0.926. The van der Waals surface area contributed by atoms with E-state index < -0.39 is 0 Å². The van der Waals surface area contributed by atoms with E-state index in [1.807, 2.05) is 20.8 Å². The fourth-order valence-electron chi connectivity index (χ4n) is 3.12. The van der Waals surface area contributed by atoms with Crippen LogP contribution in [-0.4, -0.2) is 28.2 Å². The highest BCUT2D eigenvalue weighted by molar-refractivity contribution is 5.37. The van der Waals surface area contributed by atoms with Gasteiger partial charge in [0.05, 0.1) is 0 Å². The number of nitrogens with two attached hydrogens (primary N) is 1. The van der Waals surface area contributed by atoms with Gasteiger partial charge in [0.2, 0.25) is 0 Å². The Morgan fingerprint density at radius 2 is 1.95 bits per heavy atom. The van der Waals surface area contributed by atoms with Gasteiger partial charge >= 0.3 is 0 Å². The Morgan fingerprint density at radius 1 is 1.33 bits per heavy atom. The summed E-state index contributed by atoms with van der Waals surface area (Å²) < 4.78 is 1.77. The van der Waals surface area contributed by atoms with Gasteiger partial charge in [0.1, 0.15) is 0 Å². The highest BCUT2D eigenvalue weighted by atomic mass is 16.1. The Bertz CT molecular complexity index is 524. The molecule has 1 aliphatic carbocycles. The molecule has 0 aliphatic heterocycles. The molecular weight excluding hydrogens is 264 g/mol. The summed E-state index contributed by atoms with van der Waals surface area (Å²) in [5.74, 6) is 0.579. The molecule has 0 spiro atoms. The summed E-state index contributed by atoms with van der Waals surface area (Å²) in [4.78, 5) is 19.3. The molecule has 0 atom stereocenters. The fraction of sp³-hybridized carbons (Fsp3) is 0.750. The normalized spacial score (nSPS) is 23.1. The Kier molecular flexibility index (Phi) is 4.71. The molecule has 5 heteroatoms. The van der Waals surface area contributed by atoms with Gasteiger partial charge in [0.15, 0.2) is 5.82 Å². The van der Waals surface area contributed by atoms with Crippen LogP contribution >= 0.6 is 0 Å². The highest BCUT2D eigenvalue weighted by Crippen LogP contribution is 2.24. The van der Waals surface area contributed by atoms with Crippen LogP contribution in [0.1, 0.15) is 53.4 Å². The van der Waals surface area contributed by atoms with Gasteiger partial charge in [0.25, 0.3) is 5.56 Å². The molecule has 1 aromatic heterocycles. The van der Waals surface area contributed by atoms with E-state index in [9.17, 15) is 4.79 Å². The van der Waals surface area contributed by atoms with Crippen molar-refractivity contribution in [3.8, 4) is 0 Å². The fourth-order valence-corrected chi connectivity index (χ4v) is 3.12. The summed E-state index contributed by atoms with van der Waals surface area (Å²) in [5.41, 5.74) is 5.76. The number of anilines is 1. The number of hydrogen-bond acceptors (Lipinski definition) is 4. The zero-order valence-electron chi connectivity index (χ0n) is 13.7. The van der Waals surface area contributed by atoms with Gasteiger partial charge in [-0.3, -0.25) is 4.79 Å². The van der Waals surface area contributed by atoms with Crippen molar-refractivity contribution in [2.75, 3.05) is 11.4 Å². The van der Waals surface area contributed by atoms with Crippen LogP contribution in [0.2, 0.25) is 0 Å². The molecule has 0 saturated heterocycles. The van der Waals surface area contributed by atoms with Crippen LogP contribution in [0.15, 0.2) is 17.2 Å². The third-order valence-electron chi connectivity index (χ3n) is 4.34. The Labute approximate surface area is 127 Å². The van der Waals surface area contributed by atoms with E-state index in [0.717, 1.165) is 32.2 Å². The van der Waals surface area contributed by atoms with Crippen LogP contribution in [-0.2, 0) is 5.54 Å². The van der Waals surface area contributed by atoms with Gasteiger partial charge in [-0.25, -0.2) is 4.98 Å². The number of rotatable bonds is 3. The maximum Gasteiger partial charge on any atom is 0.293 e. The van der Waals surface area contributed by atoms with E-state index >= 15 is 0 Å². The van der Waals surface area contributed by atoms with E-state index in [1.165, 1.54) is 0 Å². The molecule has 2 rings (SSSR count).